The minimum absolute atomic E-state index is 0.625. The van der Waals surface area contributed by atoms with E-state index in [0.29, 0.717) is 17.5 Å². The zero-order valence-electron chi connectivity index (χ0n) is 31.0. The Hall–Kier alpha value is -7.43. The first-order valence-electron chi connectivity index (χ1n) is 18.8. The van der Waals surface area contributed by atoms with Gasteiger partial charge >= 0.3 is 0 Å². The molecule has 2 aromatic heterocycles. The topological polar surface area (TPSA) is 43.6 Å². The summed E-state index contributed by atoms with van der Waals surface area (Å²) >= 11 is 0. The van der Waals surface area contributed by atoms with Crippen molar-refractivity contribution < 1.29 is 0 Å². The van der Waals surface area contributed by atoms with Crippen LogP contribution in [0.1, 0.15) is 18.2 Å². The number of nitrogens with zero attached hydrogens (tertiary/aromatic N) is 4. The number of para-hydroxylation sites is 1. The average molecular weight is 719 g/mol. The van der Waals surface area contributed by atoms with E-state index >= 15 is 0 Å². The smallest absolute Gasteiger partial charge is 0.164 e. The molecule has 0 atom stereocenters. The van der Waals surface area contributed by atoms with Crippen molar-refractivity contribution in [1.82, 2.24) is 19.5 Å². The number of hydrogen-bond acceptors (Lipinski definition) is 3. The summed E-state index contributed by atoms with van der Waals surface area (Å²) in [6, 6.07) is 63.3. The van der Waals surface area contributed by atoms with Crippen molar-refractivity contribution in [3.63, 3.8) is 0 Å². The van der Waals surface area contributed by atoms with Gasteiger partial charge in [-0.1, -0.05) is 183 Å². The number of allylic oxidation sites excluding steroid dienone is 1. The van der Waals surface area contributed by atoms with Crippen molar-refractivity contribution in [3.05, 3.63) is 206 Å². The molecule has 2 heterocycles. The molecular formula is C52H38N4. The Morgan fingerprint density at radius 2 is 0.768 bits per heavy atom. The number of hydrogen-bond donors (Lipinski definition) is 0. The van der Waals surface area contributed by atoms with E-state index in [1.165, 1.54) is 22.1 Å². The predicted octanol–water partition coefficient (Wildman–Crippen LogP) is 13.5. The molecular weight excluding hydrogens is 681 g/mol. The lowest BCUT2D eigenvalue weighted by Crippen LogP contribution is -2.00. The molecule has 0 bridgehead atoms. The molecule has 0 unspecified atom stereocenters. The van der Waals surface area contributed by atoms with Crippen LogP contribution >= 0.6 is 0 Å². The first-order chi connectivity index (χ1) is 27.7. The summed E-state index contributed by atoms with van der Waals surface area (Å²) in [5, 5.41) is 1.21. The number of benzene rings is 7. The maximum atomic E-state index is 5.03. The number of aromatic nitrogens is 4. The molecule has 0 fully saturated rings. The molecule has 0 saturated heterocycles. The molecule has 0 amide bonds. The Morgan fingerprint density at radius 3 is 1.18 bits per heavy atom. The third-order valence-electron chi connectivity index (χ3n) is 10.2. The fourth-order valence-electron chi connectivity index (χ4n) is 7.37. The highest BCUT2D eigenvalue weighted by molar-refractivity contribution is 5.95. The fraction of sp³-hybridized carbons (Fsp3) is 0.0192. The Labute approximate surface area is 327 Å². The Bertz CT molecular complexity index is 2710. The Kier molecular flexibility index (Phi) is 9.28. The SMILES string of the molecule is C=Cc1c(/C=C\C)c2ccccc2n1-c1ccc(-c2ccc(-c3nc(-c4ccc(-c5ccccc5)cc4)nc(-c4ccc(-c5ccccc5)cc4)n3)cc2)cc1. The van der Waals surface area contributed by atoms with Crippen molar-refractivity contribution in [2.75, 3.05) is 0 Å². The van der Waals surface area contributed by atoms with Crippen LogP contribution < -0.4 is 0 Å². The molecule has 0 aliphatic rings. The second-order valence-electron chi connectivity index (χ2n) is 13.7. The van der Waals surface area contributed by atoms with Crippen molar-refractivity contribution >= 4 is 23.1 Å². The minimum atomic E-state index is 0.625. The lowest BCUT2D eigenvalue weighted by molar-refractivity contribution is 1.07. The van der Waals surface area contributed by atoms with Gasteiger partial charge < -0.3 is 4.57 Å². The second kappa shape index (κ2) is 15.1. The summed E-state index contributed by atoms with van der Waals surface area (Å²) in [7, 11) is 0. The summed E-state index contributed by atoms with van der Waals surface area (Å²) in [6.07, 6.45) is 6.18. The number of rotatable bonds is 9. The molecule has 9 aromatic rings. The van der Waals surface area contributed by atoms with Crippen molar-refractivity contribution in [3.8, 4) is 73.2 Å². The zero-order valence-corrected chi connectivity index (χ0v) is 31.0. The molecule has 266 valence electrons. The van der Waals surface area contributed by atoms with Crippen LogP contribution in [-0.4, -0.2) is 19.5 Å². The van der Waals surface area contributed by atoms with Gasteiger partial charge in [0.1, 0.15) is 0 Å². The number of fused-ring (bicyclic) bond motifs is 1. The van der Waals surface area contributed by atoms with Gasteiger partial charge in [-0.15, -0.1) is 0 Å². The summed E-state index contributed by atoms with van der Waals surface area (Å²) in [6.45, 7) is 6.21. The van der Waals surface area contributed by atoms with E-state index in [2.05, 4.69) is 193 Å². The molecule has 0 spiro atoms. The zero-order chi connectivity index (χ0) is 37.8. The van der Waals surface area contributed by atoms with E-state index in [-0.39, 0.29) is 0 Å². The molecule has 0 N–H and O–H groups in total. The summed E-state index contributed by atoms with van der Waals surface area (Å²) < 4.78 is 2.28. The van der Waals surface area contributed by atoms with Crippen molar-refractivity contribution in [2.24, 2.45) is 0 Å². The van der Waals surface area contributed by atoms with Crippen LogP contribution in [0.3, 0.4) is 0 Å². The molecule has 0 saturated carbocycles. The van der Waals surface area contributed by atoms with Crippen molar-refractivity contribution in [1.29, 1.82) is 0 Å². The first-order valence-corrected chi connectivity index (χ1v) is 18.8. The van der Waals surface area contributed by atoms with E-state index in [1.54, 1.807) is 0 Å². The van der Waals surface area contributed by atoms with Crippen LogP contribution in [0.5, 0.6) is 0 Å². The molecule has 4 nitrogen and oxygen atoms in total. The van der Waals surface area contributed by atoms with Crippen LogP contribution in [0.25, 0.3) is 96.3 Å². The van der Waals surface area contributed by atoms with E-state index < -0.39 is 0 Å². The highest BCUT2D eigenvalue weighted by Gasteiger charge is 2.16. The van der Waals surface area contributed by atoms with Gasteiger partial charge in [0.15, 0.2) is 17.5 Å². The highest BCUT2D eigenvalue weighted by atomic mass is 15.0. The highest BCUT2D eigenvalue weighted by Crippen LogP contribution is 2.34. The first kappa shape index (κ1) is 34.3. The van der Waals surface area contributed by atoms with Crippen LogP contribution in [0.4, 0.5) is 0 Å². The molecule has 7 aromatic carbocycles. The standard InChI is InChI=1S/C52H38N4/c1-3-13-46-47-18-11-12-19-49(47)56(48(46)4-2)45-34-32-41(33-35-45)40-24-30-44(31-25-40)52-54-50(42-26-20-38(21-27-42)36-14-7-5-8-15-36)53-51(55-52)43-28-22-39(23-29-43)37-16-9-6-10-17-37/h3-35H,2H2,1H3/b13-3-. The van der Waals surface area contributed by atoms with E-state index in [1.807, 2.05) is 25.1 Å². The van der Waals surface area contributed by atoms with Gasteiger partial charge in [0, 0.05) is 33.3 Å². The average Bonchev–Trinajstić information content (AvgIpc) is 3.60. The maximum absolute atomic E-state index is 5.03. The minimum Gasteiger partial charge on any atom is -0.309 e. The normalized spacial score (nSPS) is 11.3. The van der Waals surface area contributed by atoms with Crippen LogP contribution in [-0.2, 0) is 0 Å². The Balaban J connectivity index is 1.06. The third-order valence-corrected chi connectivity index (χ3v) is 10.2. The summed E-state index contributed by atoms with van der Waals surface area (Å²) in [5.74, 6) is 1.88. The van der Waals surface area contributed by atoms with Gasteiger partial charge in [-0.2, -0.15) is 0 Å². The van der Waals surface area contributed by atoms with Gasteiger partial charge in [-0.25, -0.2) is 15.0 Å². The monoisotopic (exact) mass is 718 g/mol. The largest absolute Gasteiger partial charge is 0.309 e. The predicted molar refractivity (Wildman–Crippen MR) is 234 cm³/mol. The van der Waals surface area contributed by atoms with E-state index in [4.69, 9.17) is 15.0 Å². The Morgan fingerprint density at radius 1 is 0.411 bits per heavy atom. The molecule has 56 heavy (non-hydrogen) atoms. The van der Waals surface area contributed by atoms with E-state index in [0.717, 1.165) is 55.8 Å². The molecule has 0 radical (unpaired) electrons. The molecule has 0 aliphatic carbocycles. The van der Waals surface area contributed by atoms with Crippen LogP contribution in [0.2, 0.25) is 0 Å². The van der Waals surface area contributed by atoms with Crippen molar-refractivity contribution in [2.45, 2.75) is 6.92 Å². The molecule has 0 aliphatic heterocycles. The second-order valence-corrected chi connectivity index (χ2v) is 13.7. The summed E-state index contributed by atoms with van der Waals surface area (Å²) in [5.41, 5.74) is 14.1. The van der Waals surface area contributed by atoms with Crippen LogP contribution in [0.15, 0.2) is 195 Å². The van der Waals surface area contributed by atoms with Gasteiger partial charge in [-0.05, 0) is 64.6 Å². The fourth-order valence-corrected chi connectivity index (χ4v) is 7.37. The quantitative estimate of drug-likeness (QED) is 0.149. The van der Waals surface area contributed by atoms with Gasteiger partial charge in [0.25, 0.3) is 0 Å². The van der Waals surface area contributed by atoms with Gasteiger partial charge in [0.05, 0.1) is 11.2 Å². The van der Waals surface area contributed by atoms with Gasteiger partial charge in [0.2, 0.25) is 0 Å². The van der Waals surface area contributed by atoms with E-state index in [9.17, 15) is 0 Å². The maximum Gasteiger partial charge on any atom is 0.164 e. The van der Waals surface area contributed by atoms with Gasteiger partial charge in [-0.3, -0.25) is 0 Å². The third kappa shape index (κ3) is 6.65. The van der Waals surface area contributed by atoms with Crippen LogP contribution in [0, 0.1) is 0 Å². The molecule has 9 rings (SSSR count). The lowest BCUT2D eigenvalue weighted by atomic mass is 10.0. The lowest BCUT2D eigenvalue weighted by Gasteiger charge is -2.11. The molecule has 4 heteroatoms. The summed E-state index contributed by atoms with van der Waals surface area (Å²) in [4.78, 5) is 15.1.